The maximum absolute atomic E-state index is 12.4. The van der Waals surface area contributed by atoms with Gasteiger partial charge in [0.2, 0.25) is 0 Å². The maximum Gasteiger partial charge on any atom is 0.456 e. The highest BCUT2D eigenvalue weighted by atomic mass is 32.2. The summed E-state index contributed by atoms with van der Waals surface area (Å²) in [7, 11) is -4.51. The predicted octanol–water partition coefficient (Wildman–Crippen LogP) is 2.55. The number of hydrogen-bond acceptors (Lipinski definition) is 6. The van der Waals surface area contributed by atoms with E-state index in [1.54, 1.807) is 0 Å². The molecule has 3 rings (SSSR count). The monoisotopic (exact) mass is 420 g/mol. The van der Waals surface area contributed by atoms with Crippen molar-refractivity contribution in [3.8, 4) is 5.75 Å². The number of phenolic OH excluding ortho intramolecular Hbond substituents is 1. The fourth-order valence-corrected chi connectivity index (χ4v) is 6.50. The molecule has 3 N–H and O–H groups in total. The van der Waals surface area contributed by atoms with E-state index in [4.69, 9.17) is 4.65 Å². The van der Waals surface area contributed by atoms with Crippen LogP contribution in [0.2, 0.25) is 6.32 Å². The molecule has 1 saturated heterocycles. The highest BCUT2D eigenvalue weighted by molar-refractivity contribution is 7.92. The number of aryl methyl sites for hydroxylation is 2. The van der Waals surface area contributed by atoms with Crippen LogP contribution in [-0.2, 0) is 14.5 Å². The van der Waals surface area contributed by atoms with Gasteiger partial charge >= 0.3 is 7.12 Å². The molecule has 1 aromatic carbocycles. The number of allylic oxidation sites excluding steroid dienone is 1. The summed E-state index contributed by atoms with van der Waals surface area (Å²) < 4.78 is 30.6. The third-order valence-corrected chi connectivity index (χ3v) is 7.97. The zero-order chi connectivity index (χ0) is 21.3. The molecule has 0 spiro atoms. The van der Waals surface area contributed by atoms with Gasteiger partial charge in [-0.15, -0.1) is 0 Å². The van der Waals surface area contributed by atoms with Crippen molar-refractivity contribution < 1.29 is 28.3 Å². The van der Waals surface area contributed by atoms with Crippen LogP contribution in [0.4, 0.5) is 0 Å². The van der Waals surface area contributed by atoms with Crippen LogP contribution in [0.25, 0.3) is 6.08 Å². The Balaban J connectivity index is 1.81. The van der Waals surface area contributed by atoms with Gasteiger partial charge in [-0.3, -0.25) is 0 Å². The summed E-state index contributed by atoms with van der Waals surface area (Å²) in [5.41, 5.74) is 4.98. The van der Waals surface area contributed by atoms with Gasteiger partial charge in [-0.25, -0.2) is 8.42 Å². The molecular formula is C21H29BO6S. The molecule has 29 heavy (non-hydrogen) atoms. The molecule has 0 radical (unpaired) electrons. The van der Waals surface area contributed by atoms with Crippen LogP contribution in [0.3, 0.4) is 0 Å². The second-order valence-corrected chi connectivity index (χ2v) is 10.2. The summed E-state index contributed by atoms with van der Waals surface area (Å²) in [4.78, 5) is 0. The SMILES string of the molecule is CC/C(=C\c1cc(C)c(O)c(C)c1)CC[C@H]1OB(O)C[C@H]2C1=C(CO)CS2(=O)=O. The van der Waals surface area contributed by atoms with E-state index in [2.05, 4.69) is 13.0 Å². The van der Waals surface area contributed by atoms with Crippen molar-refractivity contribution in [1.82, 2.24) is 0 Å². The topological polar surface area (TPSA) is 104 Å². The van der Waals surface area contributed by atoms with Gasteiger partial charge in [-0.1, -0.05) is 18.6 Å². The summed E-state index contributed by atoms with van der Waals surface area (Å²) in [5.74, 6) is 0.153. The molecule has 2 heterocycles. The number of hydrogen-bond donors (Lipinski definition) is 3. The number of fused-ring (bicyclic) bond motifs is 1. The zero-order valence-corrected chi connectivity index (χ0v) is 18.0. The minimum absolute atomic E-state index is 0.0280. The molecule has 0 aromatic heterocycles. The molecular weight excluding hydrogens is 391 g/mol. The lowest BCUT2D eigenvalue weighted by molar-refractivity contribution is 0.168. The van der Waals surface area contributed by atoms with Gasteiger partial charge in [0.15, 0.2) is 9.84 Å². The van der Waals surface area contributed by atoms with E-state index in [1.165, 1.54) is 5.57 Å². The highest BCUT2D eigenvalue weighted by Gasteiger charge is 2.48. The zero-order valence-electron chi connectivity index (χ0n) is 17.2. The summed E-state index contributed by atoms with van der Waals surface area (Å²) in [6, 6.07) is 3.87. The number of rotatable bonds is 6. The Hall–Kier alpha value is -1.61. The third-order valence-electron chi connectivity index (χ3n) is 5.90. The van der Waals surface area contributed by atoms with Crippen LogP contribution in [0.15, 0.2) is 28.9 Å². The molecule has 158 valence electrons. The highest BCUT2D eigenvalue weighted by Crippen LogP contribution is 2.39. The smallest absolute Gasteiger partial charge is 0.456 e. The second-order valence-electron chi connectivity index (χ2n) is 8.03. The largest absolute Gasteiger partial charge is 0.507 e. The molecule has 0 aliphatic carbocycles. The van der Waals surface area contributed by atoms with Crippen molar-refractivity contribution in [3.05, 3.63) is 45.5 Å². The third kappa shape index (κ3) is 4.61. The molecule has 1 aromatic rings. The number of aliphatic hydroxyl groups is 1. The first-order chi connectivity index (χ1) is 13.7. The molecule has 0 bridgehead atoms. The summed E-state index contributed by atoms with van der Waals surface area (Å²) in [6.07, 6.45) is 3.64. The molecule has 2 aliphatic heterocycles. The van der Waals surface area contributed by atoms with Crippen LogP contribution in [0.5, 0.6) is 5.75 Å². The molecule has 2 atom stereocenters. The fraction of sp³-hybridized carbons (Fsp3) is 0.524. The van der Waals surface area contributed by atoms with Gasteiger partial charge in [-0.2, -0.15) is 0 Å². The Kier molecular flexibility index (Phi) is 6.58. The van der Waals surface area contributed by atoms with Crippen molar-refractivity contribution in [1.29, 1.82) is 0 Å². The van der Waals surface area contributed by atoms with E-state index in [0.717, 1.165) is 23.1 Å². The van der Waals surface area contributed by atoms with Crippen LogP contribution in [0.1, 0.15) is 42.9 Å². The van der Waals surface area contributed by atoms with E-state index in [-0.39, 0.29) is 18.7 Å². The lowest BCUT2D eigenvalue weighted by atomic mass is 9.74. The molecule has 0 saturated carbocycles. The van der Waals surface area contributed by atoms with E-state index < -0.39 is 28.3 Å². The molecule has 6 nitrogen and oxygen atoms in total. The molecule has 0 amide bonds. The molecule has 8 heteroatoms. The molecule has 0 unspecified atom stereocenters. The lowest BCUT2D eigenvalue weighted by Crippen LogP contribution is -2.42. The first-order valence-corrected chi connectivity index (χ1v) is 11.7. The minimum Gasteiger partial charge on any atom is -0.507 e. The quantitative estimate of drug-likeness (QED) is 0.483. The number of phenols is 1. The lowest BCUT2D eigenvalue weighted by Gasteiger charge is -2.32. The van der Waals surface area contributed by atoms with E-state index in [1.807, 2.05) is 26.0 Å². The Morgan fingerprint density at radius 3 is 2.55 bits per heavy atom. The van der Waals surface area contributed by atoms with Gasteiger partial charge in [0.25, 0.3) is 0 Å². The first kappa shape index (κ1) is 22.1. The molecule has 2 aliphatic rings. The van der Waals surface area contributed by atoms with Crippen molar-refractivity contribution >= 4 is 23.0 Å². The summed E-state index contributed by atoms with van der Waals surface area (Å²) >= 11 is 0. The predicted molar refractivity (Wildman–Crippen MR) is 114 cm³/mol. The van der Waals surface area contributed by atoms with E-state index in [0.29, 0.717) is 29.7 Å². The van der Waals surface area contributed by atoms with E-state index >= 15 is 0 Å². The Morgan fingerprint density at radius 2 is 1.97 bits per heavy atom. The second kappa shape index (κ2) is 8.64. The Labute approximate surface area is 173 Å². The van der Waals surface area contributed by atoms with Gasteiger partial charge in [0.1, 0.15) is 5.75 Å². The van der Waals surface area contributed by atoms with Crippen LogP contribution < -0.4 is 0 Å². The van der Waals surface area contributed by atoms with Crippen molar-refractivity contribution in [2.24, 2.45) is 0 Å². The van der Waals surface area contributed by atoms with Crippen LogP contribution in [0, 0.1) is 13.8 Å². The normalized spacial score (nSPS) is 24.2. The Bertz CT molecular complexity index is 927. The number of benzene rings is 1. The van der Waals surface area contributed by atoms with Gasteiger partial charge in [0, 0.05) is 6.32 Å². The number of sulfone groups is 1. The minimum atomic E-state index is -3.39. The Morgan fingerprint density at radius 1 is 1.31 bits per heavy atom. The average Bonchev–Trinajstić information content (AvgIpc) is 2.93. The summed E-state index contributed by atoms with van der Waals surface area (Å²) in [5, 5.41) is 28.9. The molecule has 1 fully saturated rings. The average molecular weight is 420 g/mol. The van der Waals surface area contributed by atoms with Crippen LogP contribution >= 0.6 is 0 Å². The number of aromatic hydroxyl groups is 1. The van der Waals surface area contributed by atoms with Crippen molar-refractivity contribution in [3.63, 3.8) is 0 Å². The van der Waals surface area contributed by atoms with Crippen LogP contribution in [-0.4, -0.2) is 54.5 Å². The first-order valence-electron chi connectivity index (χ1n) is 10.0. The van der Waals surface area contributed by atoms with Gasteiger partial charge < -0.3 is 19.9 Å². The van der Waals surface area contributed by atoms with Crippen molar-refractivity contribution in [2.75, 3.05) is 12.4 Å². The van der Waals surface area contributed by atoms with Gasteiger partial charge in [0.05, 0.1) is 23.7 Å². The van der Waals surface area contributed by atoms with Gasteiger partial charge in [-0.05, 0) is 73.1 Å². The standard InChI is InChI=1S/C21H29BO6S/c1-4-15(9-16-7-13(2)21(24)14(3)8-16)5-6-18-20-17(11-23)12-29(26,27)19(20)10-22(25)28-18/h7-9,18-19,23-25H,4-6,10-12H2,1-3H3/b15-9+/t18-,19+/m1/s1. The van der Waals surface area contributed by atoms with Crippen molar-refractivity contribution in [2.45, 2.75) is 57.7 Å². The maximum atomic E-state index is 12.4. The fourth-order valence-electron chi connectivity index (χ4n) is 4.39. The number of aliphatic hydroxyl groups excluding tert-OH is 1. The van der Waals surface area contributed by atoms with E-state index in [9.17, 15) is 23.7 Å². The summed E-state index contributed by atoms with van der Waals surface area (Å²) in [6.45, 7) is 5.49.